The van der Waals surface area contributed by atoms with E-state index in [1.807, 2.05) is 39.8 Å². The lowest BCUT2D eigenvalue weighted by molar-refractivity contribution is 0.00578. The van der Waals surface area contributed by atoms with Gasteiger partial charge in [-0.25, -0.2) is 13.6 Å². The molecule has 0 spiro atoms. The van der Waals surface area contributed by atoms with Gasteiger partial charge in [-0.05, 0) is 64.4 Å². The minimum Gasteiger partial charge on any atom is -0.399 e. The Balaban J connectivity index is 2.01. The van der Waals surface area contributed by atoms with Crippen LogP contribution < -0.4 is 10.6 Å². The second kappa shape index (κ2) is 7.03. The number of hydrogen-bond acceptors (Lipinski definition) is 4. The maximum absolute atomic E-state index is 11.3. The lowest BCUT2D eigenvalue weighted by Gasteiger charge is -2.32. The zero-order valence-corrected chi connectivity index (χ0v) is 16.9. The SMILES string of the molecule is CC(CC[C@@H](C)S(N)(=O)=O)c1ccc(B2OC(C)(C)C(C)(C)O2)cc1. The van der Waals surface area contributed by atoms with Crippen molar-refractivity contribution < 1.29 is 17.7 Å². The molecule has 0 bridgehead atoms. The van der Waals surface area contributed by atoms with E-state index in [1.54, 1.807) is 6.92 Å². The van der Waals surface area contributed by atoms with Crippen LogP contribution in [0.2, 0.25) is 0 Å². The highest BCUT2D eigenvalue weighted by atomic mass is 32.2. The Kier molecular flexibility index (Phi) is 5.74. The molecule has 0 aromatic heterocycles. The lowest BCUT2D eigenvalue weighted by Crippen LogP contribution is -2.41. The van der Waals surface area contributed by atoms with E-state index in [2.05, 4.69) is 19.1 Å². The first kappa shape index (κ1) is 20.4. The van der Waals surface area contributed by atoms with Gasteiger partial charge in [0.05, 0.1) is 16.5 Å². The molecule has 1 aromatic rings. The quantitative estimate of drug-likeness (QED) is 0.784. The second-order valence-corrected chi connectivity index (χ2v) is 10.1. The molecule has 25 heavy (non-hydrogen) atoms. The summed E-state index contributed by atoms with van der Waals surface area (Å²) in [6.45, 7) is 11.9. The van der Waals surface area contributed by atoms with Crippen LogP contribution in [0.5, 0.6) is 0 Å². The predicted molar refractivity (Wildman–Crippen MR) is 102 cm³/mol. The molecule has 140 valence electrons. The van der Waals surface area contributed by atoms with E-state index in [1.165, 1.54) is 5.56 Å². The Bertz CT molecular complexity index is 684. The van der Waals surface area contributed by atoms with Crippen molar-refractivity contribution in [2.45, 2.75) is 76.8 Å². The Labute approximate surface area is 152 Å². The number of hydrogen-bond donors (Lipinski definition) is 1. The third-order valence-electron chi connectivity index (χ3n) is 5.60. The van der Waals surface area contributed by atoms with E-state index in [9.17, 15) is 8.42 Å². The van der Waals surface area contributed by atoms with Crippen molar-refractivity contribution in [2.24, 2.45) is 5.14 Å². The van der Waals surface area contributed by atoms with Crippen LogP contribution >= 0.6 is 0 Å². The first-order valence-electron chi connectivity index (χ1n) is 8.80. The predicted octanol–water partition coefficient (Wildman–Crippen LogP) is 2.55. The van der Waals surface area contributed by atoms with Gasteiger partial charge in [0.25, 0.3) is 0 Å². The van der Waals surface area contributed by atoms with Gasteiger partial charge in [0.1, 0.15) is 0 Å². The molecule has 0 radical (unpaired) electrons. The summed E-state index contributed by atoms with van der Waals surface area (Å²) in [4.78, 5) is 0. The Morgan fingerprint density at radius 3 is 1.92 bits per heavy atom. The molecule has 5 nitrogen and oxygen atoms in total. The number of benzene rings is 1. The van der Waals surface area contributed by atoms with Gasteiger partial charge in [-0.2, -0.15) is 0 Å². The first-order chi connectivity index (χ1) is 11.3. The summed E-state index contributed by atoms with van der Waals surface area (Å²) in [6, 6.07) is 8.17. The van der Waals surface area contributed by atoms with Crippen molar-refractivity contribution >= 4 is 22.6 Å². The number of primary sulfonamides is 1. The van der Waals surface area contributed by atoms with Crippen LogP contribution in [0, 0.1) is 0 Å². The fourth-order valence-electron chi connectivity index (χ4n) is 2.78. The minimum atomic E-state index is -3.45. The first-order valence-corrected chi connectivity index (χ1v) is 10.4. The molecule has 1 aliphatic rings. The average Bonchev–Trinajstić information content (AvgIpc) is 2.72. The minimum absolute atomic E-state index is 0.261. The van der Waals surface area contributed by atoms with Crippen LogP contribution in [0.25, 0.3) is 0 Å². The standard InChI is InChI=1S/C18H30BNO4S/c1-13(7-8-14(2)25(20,21)22)15-9-11-16(12-10-15)19-23-17(3,4)18(5,6)24-19/h9-14H,7-8H2,1-6H3,(H2,20,21,22)/t13?,14-/m1/s1. The van der Waals surface area contributed by atoms with Gasteiger partial charge in [0.15, 0.2) is 0 Å². The van der Waals surface area contributed by atoms with E-state index in [0.717, 1.165) is 11.9 Å². The monoisotopic (exact) mass is 367 g/mol. The maximum Gasteiger partial charge on any atom is 0.494 e. The highest BCUT2D eigenvalue weighted by Crippen LogP contribution is 2.36. The Hall–Kier alpha value is -0.885. The third-order valence-corrected chi connectivity index (χ3v) is 6.96. The molecule has 2 atom stereocenters. The molecule has 1 fully saturated rings. The van der Waals surface area contributed by atoms with Crippen LogP contribution in [0.15, 0.2) is 24.3 Å². The highest BCUT2D eigenvalue weighted by Gasteiger charge is 2.51. The van der Waals surface area contributed by atoms with Gasteiger partial charge in [0, 0.05) is 0 Å². The van der Waals surface area contributed by atoms with Gasteiger partial charge in [-0.3, -0.25) is 0 Å². The zero-order chi connectivity index (χ0) is 19.0. The molecular formula is C18H30BNO4S. The highest BCUT2D eigenvalue weighted by molar-refractivity contribution is 7.89. The molecule has 1 heterocycles. The average molecular weight is 367 g/mol. The molecule has 2 N–H and O–H groups in total. The molecule has 1 unspecified atom stereocenters. The largest absolute Gasteiger partial charge is 0.494 e. The summed E-state index contributed by atoms with van der Waals surface area (Å²) >= 11 is 0. The fourth-order valence-corrected chi connectivity index (χ4v) is 3.24. The zero-order valence-electron chi connectivity index (χ0n) is 16.1. The Morgan fingerprint density at radius 1 is 1.00 bits per heavy atom. The van der Waals surface area contributed by atoms with Crippen LogP contribution in [0.4, 0.5) is 0 Å². The van der Waals surface area contributed by atoms with Crippen LogP contribution in [0.1, 0.15) is 65.9 Å². The molecule has 0 saturated carbocycles. The van der Waals surface area contributed by atoms with Gasteiger partial charge in [-0.15, -0.1) is 0 Å². The number of sulfonamides is 1. The molecule has 0 aliphatic carbocycles. The van der Waals surface area contributed by atoms with Crippen LogP contribution in [0.3, 0.4) is 0 Å². The van der Waals surface area contributed by atoms with Crippen molar-refractivity contribution in [2.75, 3.05) is 0 Å². The number of rotatable bonds is 6. The van der Waals surface area contributed by atoms with Gasteiger partial charge >= 0.3 is 7.12 Å². The molecule has 2 rings (SSSR count). The lowest BCUT2D eigenvalue weighted by atomic mass is 9.78. The van der Waals surface area contributed by atoms with Crippen molar-refractivity contribution in [1.29, 1.82) is 0 Å². The van der Waals surface area contributed by atoms with Gasteiger partial charge in [-0.1, -0.05) is 31.2 Å². The smallest absolute Gasteiger partial charge is 0.399 e. The molecule has 1 aliphatic heterocycles. The molecule has 0 amide bonds. The van der Waals surface area contributed by atoms with E-state index in [-0.39, 0.29) is 24.2 Å². The summed E-state index contributed by atoms with van der Waals surface area (Å²) in [5.74, 6) is 0.261. The summed E-state index contributed by atoms with van der Waals surface area (Å²) in [7, 11) is -3.82. The second-order valence-electron chi connectivity index (χ2n) is 8.13. The molecule has 1 aromatic carbocycles. The summed E-state index contributed by atoms with van der Waals surface area (Å²) in [6.07, 6.45) is 1.33. The summed E-state index contributed by atoms with van der Waals surface area (Å²) in [5.41, 5.74) is 1.45. The molecule has 7 heteroatoms. The van der Waals surface area contributed by atoms with Gasteiger partial charge in [0.2, 0.25) is 10.0 Å². The fraction of sp³-hybridized carbons (Fsp3) is 0.667. The summed E-state index contributed by atoms with van der Waals surface area (Å²) < 4.78 is 34.8. The van der Waals surface area contributed by atoms with Crippen LogP contribution in [-0.2, 0) is 19.3 Å². The van der Waals surface area contributed by atoms with E-state index >= 15 is 0 Å². The van der Waals surface area contributed by atoms with Gasteiger partial charge < -0.3 is 9.31 Å². The van der Waals surface area contributed by atoms with E-state index < -0.39 is 15.3 Å². The van der Waals surface area contributed by atoms with Crippen molar-refractivity contribution in [3.63, 3.8) is 0 Å². The molecule has 1 saturated heterocycles. The molecular weight excluding hydrogens is 337 g/mol. The maximum atomic E-state index is 11.3. The van der Waals surface area contributed by atoms with E-state index in [4.69, 9.17) is 14.4 Å². The topological polar surface area (TPSA) is 78.6 Å². The van der Waals surface area contributed by atoms with Crippen LogP contribution in [-0.4, -0.2) is 32.0 Å². The summed E-state index contributed by atoms with van der Waals surface area (Å²) in [5, 5.41) is 4.67. The van der Waals surface area contributed by atoms with Crippen molar-refractivity contribution in [3.8, 4) is 0 Å². The number of nitrogens with two attached hydrogens (primary N) is 1. The normalized spacial score (nSPS) is 22.0. The van der Waals surface area contributed by atoms with Crippen molar-refractivity contribution in [3.05, 3.63) is 29.8 Å². The van der Waals surface area contributed by atoms with E-state index in [0.29, 0.717) is 6.42 Å². The Morgan fingerprint density at radius 2 is 1.48 bits per heavy atom. The third kappa shape index (κ3) is 4.64. The van der Waals surface area contributed by atoms with Crippen molar-refractivity contribution in [1.82, 2.24) is 0 Å².